The Morgan fingerprint density at radius 1 is 1.19 bits per heavy atom. The minimum atomic E-state index is -0.767. The third-order valence-electron chi connectivity index (χ3n) is 5.55. The van der Waals surface area contributed by atoms with Crippen molar-refractivity contribution in [1.82, 2.24) is 9.55 Å². The van der Waals surface area contributed by atoms with Crippen molar-refractivity contribution in [2.75, 3.05) is 0 Å². The maximum absolute atomic E-state index is 13.8. The number of ether oxygens (including phenoxy) is 1. The molecule has 0 fully saturated rings. The third kappa shape index (κ3) is 3.67. The molecule has 0 saturated heterocycles. The summed E-state index contributed by atoms with van der Waals surface area (Å²) in [5.41, 5.74) is 2.63. The molecule has 162 valence electrons. The molecule has 0 unspecified atom stereocenters. The molecule has 0 aliphatic rings. The smallest absolute Gasteiger partial charge is 0.259 e. The summed E-state index contributed by atoms with van der Waals surface area (Å²) in [4.78, 5) is 17.1. The number of benzene rings is 1. The minimum absolute atomic E-state index is 0.0841. The molecule has 0 spiro atoms. The van der Waals surface area contributed by atoms with Crippen LogP contribution < -0.4 is 10.3 Å². The molecule has 4 aromatic rings. The van der Waals surface area contributed by atoms with Gasteiger partial charge in [-0.15, -0.1) is 11.3 Å². The fourth-order valence-electron chi connectivity index (χ4n) is 3.67. The first-order valence-corrected chi connectivity index (χ1v) is 10.9. The molecule has 32 heavy (non-hydrogen) atoms. The van der Waals surface area contributed by atoms with Crippen LogP contribution in [0.4, 0.5) is 4.39 Å². The molecule has 1 aromatic carbocycles. The number of fused-ring (bicyclic) bond motifs is 1. The first kappa shape index (κ1) is 21.7. The lowest BCUT2D eigenvalue weighted by atomic mass is 9.86. The van der Waals surface area contributed by atoms with Gasteiger partial charge in [-0.3, -0.25) is 4.79 Å². The van der Waals surface area contributed by atoms with E-state index >= 15 is 0 Å². The molecule has 4 rings (SSSR count). The van der Waals surface area contributed by atoms with Crippen molar-refractivity contribution >= 4 is 21.4 Å². The highest BCUT2D eigenvalue weighted by atomic mass is 32.1. The zero-order chi connectivity index (χ0) is 23.2. The molecule has 0 aliphatic carbocycles. The first-order valence-electron chi connectivity index (χ1n) is 10.1. The molecule has 3 aromatic heterocycles. The van der Waals surface area contributed by atoms with Gasteiger partial charge in [0.15, 0.2) is 0 Å². The fourth-order valence-corrected chi connectivity index (χ4v) is 4.58. The molecule has 0 atom stereocenters. The molecular formula is C25H22FN3O2S. The molecular weight excluding hydrogens is 425 g/mol. The number of pyridine rings is 2. The van der Waals surface area contributed by atoms with Gasteiger partial charge in [-0.1, -0.05) is 0 Å². The van der Waals surface area contributed by atoms with Crippen molar-refractivity contribution in [2.24, 2.45) is 7.05 Å². The minimum Gasteiger partial charge on any atom is -0.438 e. The Bertz CT molecular complexity index is 1440. The summed E-state index contributed by atoms with van der Waals surface area (Å²) in [6, 6.07) is 8.83. The normalized spacial score (nSPS) is 11.5. The predicted molar refractivity (Wildman–Crippen MR) is 125 cm³/mol. The summed E-state index contributed by atoms with van der Waals surface area (Å²) in [5, 5.41) is 12.1. The van der Waals surface area contributed by atoms with Crippen LogP contribution >= 0.6 is 11.3 Å². The molecule has 3 heterocycles. The predicted octanol–water partition coefficient (Wildman–Crippen LogP) is 6.01. The van der Waals surface area contributed by atoms with E-state index in [9.17, 15) is 14.4 Å². The Balaban J connectivity index is 2.00. The second kappa shape index (κ2) is 7.88. The van der Waals surface area contributed by atoms with Crippen LogP contribution in [0.3, 0.4) is 0 Å². The Morgan fingerprint density at radius 3 is 2.53 bits per heavy atom. The summed E-state index contributed by atoms with van der Waals surface area (Å²) in [6.07, 6.45) is 3.39. The number of halogens is 1. The molecule has 0 saturated carbocycles. The molecule has 0 radical (unpaired) electrons. The molecule has 0 aliphatic heterocycles. The average molecular weight is 448 g/mol. The molecule has 0 amide bonds. The lowest BCUT2D eigenvalue weighted by Gasteiger charge is -2.20. The Morgan fingerprint density at radius 2 is 1.88 bits per heavy atom. The summed E-state index contributed by atoms with van der Waals surface area (Å²) in [6.45, 7) is 7.21. The van der Waals surface area contributed by atoms with E-state index in [1.165, 1.54) is 28.0 Å². The fraction of sp³-hybridized carbons (Fsp3) is 0.240. The average Bonchev–Trinajstić information content (AvgIpc) is 3.23. The Hall–Kier alpha value is -3.50. The van der Waals surface area contributed by atoms with Gasteiger partial charge in [0.05, 0.1) is 16.9 Å². The van der Waals surface area contributed by atoms with E-state index in [0.29, 0.717) is 33.7 Å². The van der Waals surface area contributed by atoms with E-state index in [4.69, 9.17) is 4.74 Å². The van der Waals surface area contributed by atoms with Crippen molar-refractivity contribution in [2.45, 2.75) is 33.1 Å². The second-order valence-corrected chi connectivity index (χ2v) is 9.32. The third-order valence-corrected chi connectivity index (χ3v) is 6.50. The summed E-state index contributed by atoms with van der Waals surface area (Å²) in [7, 11) is 1.70. The highest BCUT2D eigenvalue weighted by molar-refractivity contribution is 7.17. The van der Waals surface area contributed by atoms with E-state index in [1.54, 1.807) is 39.4 Å². The van der Waals surface area contributed by atoms with Crippen molar-refractivity contribution < 1.29 is 9.13 Å². The Kier molecular flexibility index (Phi) is 5.35. The maximum Gasteiger partial charge on any atom is 0.259 e. The number of aryl methyl sites for hydroxylation is 3. The van der Waals surface area contributed by atoms with Gasteiger partial charge in [-0.05, 0) is 74.0 Å². The monoisotopic (exact) mass is 447 g/mol. The molecule has 0 bridgehead atoms. The molecule has 7 heteroatoms. The lowest BCUT2D eigenvalue weighted by Crippen LogP contribution is -2.16. The zero-order valence-corrected chi connectivity index (χ0v) is 19.3. The van der Waals surface area contributed by atoms with Crippen LogP contribution in [-0.2, 0) is 12.5 Å². The Labute approximate surface area is 189 Å². The van der Waals surface area contributed by atoms with Crippen LogP contribution in [0, 0.1) is 31.0 Å². The first-order chi connectivity index (χ1) is 15.1. The highest BCUT2D eigenvalue weighted by Gasteiger charge is 2.24. The topological polar surface area (TPSA) is 67.9 Å². The maximum atomic E-state index is 13.8. The van der Waals surface area contributed by atoms with Crippen molar-refractivity contribution in [3.8, 4) is 28.8 Å². The van der Waals surface area contributed by atoms with Crippen LogP contribution in [0.25, 0.3) is 21.2 Å². The van der Waals surface area contributed by atoms with Crippen LogP contribution in [-0.4, -0.2) is 9.55 Å². The SMILES string of the molecule is Cc1cc(F)cc(C)c1Oc1ncc(C(C)(C)C#N)cc1-c1cn(C)c(=O)c2ccsc12. The number of thiophene rings is 1. The van der Waals surface area contributed by atoms with Crippen LogP contribution in [0.5, 0.6) is 11.6 Å². The summed E-state index contributed by atoms with van der Waals surface area (Å²) in [5.74, 6) is 0.526. The van der Waals surface area contributed by atoms with Crippen molar-refractivity contribution in [3.05, 3.63) is 74.9 Å². The zero-order valence-electron chi connectivity index (χ0n) is 18.5. The second-order valence-electron chi connectivity index (χ2n) is 8.41. The largest absolute Gasteiger partial charge is 0.438 e. The summed E-state index contributed by atoms with van der Waals surface area (Å²) >= 11 is 1.46. The van der Waals surface area contributed by atoms with Gasteiger partial charge in [0.1, 0.15) is 11.6 Å². The number of nitrogens with zero attached hydrogens (tertiary/aromatic N) is 3. The molecule has 0 N–H and O–H groups in total. The van der Waals surface area contributed by atoms with E-state index in [0.717, 1.165) is 15.8 Å². The lowest BCUT2D eigenvalue weighted by molar-refractivity contribution is 0.454. The standard InChI is InChI=1S/C25H22FN3O2S/c1-14-8-17(26)9-15(2)21(14)31-23-19(10-16(11-28-23)25(3,4)13-27)20-12-29(5)24(30)18-6-7-32-22(18)20/h6-12H,1-5H3. The van der Waals surface area contributed by atoms with E-state index in [2.05, 4.69) is 11.1 Å². The van der Waals surface area contributed by atoms with Gasteiger partial charge in [0.25, 0.3) is 5.56 Å². The number of rotatable bonds is 4. The van der Waals surface area contributed by atoms with Crippen molar-refractivity contribution in [1.29, 1.82) is 5.26 Å². The van der Waals surface area contributed by atoms with Gasteiger partial charge in [0.2, 0.25) is 5.88 Å². The quantitative estimate of drug-likeness (QED) is 0.384. The van der Waals surface area contributed by atoms with Crippen LogP contribution in [0.15, 0.2) is 46.8 Å². The van der Waals surface area contributed by atoms with Gasteiger partial charge < -0.3 is 9.30 Å². The number of nitriles is 1. The number of aromatic nitrogens is 2. The van der Waals surface area contributed by atoms with Gasteiger partial charge in [-0.2, -0.15) is 5.26 Å². The van der Waals surface area contributed by atoms with Gasteiger partial charge in [0, 0.05) is 35.3 Å². The van der Waals surface area contributed by atoms with Crippen LogP contribution in [0.1, 0.15) is 30.5 Å². The van der Waals surface area contributed by atoms with Gasteiger partial charge in [-0.25, -0.2) is 9.37 Å². The van der Waals surface area contributed by atoms with Gasteiger partial charge >= 0.3 is 0 Å². The van der Waals surface area contributed by atoms with Crippen LogP contribution in [0.2, 0.25) is 0 Å². The van der Waals surface area contributed by atoms with E-state index < -0.39 is 5.41 Å². The number of hydrogen-bond donors (Lipinski definition) is 0. The van der Waals surface area contributed by atoms with Crippen molar-refractivity contribution in [3.63, 3.8) is 0 Å². The van der Waals surface area contributed by atoms with E-state index in [-0.39, 0.29) is 11.4 Å². The number of hydrogen-bond acceptors (Lipinski definition) is 5. The van der Waals surface area contributed by atoms with E-state index in [1.807, 2.05) is 25.3 Å². The highest BCUT2D eigenvalue weighted by Crippen LogP contribution is 2.40. The molecule has 5 nitrogen and oxygen atoms in total. The summed E-state index contributed by atoms with van der Waals surface area (Å²) < 4.78 is 22.4.